The first-order valence-corrected chi connectivity index (χ1v) is 9.84. The molecule has 0 spiro atoms. The Morgan fingerprint density at radius 1 is 0.826 bits per heavy atom. The van der Waals surface area contributed by atoms with Gasteiger partial charge in [0, 0.05) is 5.54 Å². The largest absolute Gasteiger partial charge is 2.00 e. The van der Waals surface area contributed by atoms with Crippen molar-refractivity contribution in [2.75, 3.05) is 0 Å². The van der Waals surface area contributed by atoms with Crippen molar-refractivity contribution >= 4 is 8.80 Å². The third-order valence-corrected chi connectivity index (χ3v) is 5.19. The number of hydrogen-bond acceptors (Lipinski definition) is 1. The van der Waals surface area contributed by atoms with Crippen LogP contribution in [0.4, 0.5) is 0 Å². The molecule has 0 saturated carbocycles. The Morgan fingerprint density at radius 2 is 1.13 bits per heavy atom. The first-order chi connectivity index (χ1) is 9.52. The summed E-state index contributed by atoms with van der Waals surface area (Å²) < 4.78 is 0. The van der Waals surface area contributed by atoms with Crippen LogP contribution in [0.5, 0.6) is 0 Å². The molecule has 2 aromatic carbocycles. The van der Waals surface area contributed by atoms with Gasteiger partial charge in [0.15, 0.2) is 0 Å². The van der Waals surface area contributed by atoms with E-state index < -0.39 is 0 Å². The van der Waals surface area contributed by atoms with Crippen LogP contribution in [0, 0.1) is 14.9 Å². The monoisotopic (exact) mass is 360 g/mol. The second kappa shape index (κ2) is 11.0. The van der Waals surface area contributed by atoms with Crippen molar-refractivity contribution in [3.05, 3.63) is 74.5 Å². The summed E-state index contributed by atoms with van der Waals surface area (Å²) in [7, 11) is -0.336. The molecule has 0 amide bonds. The summed E-state index contributed by atoms with van der Waals surface area (Å²) in [5.74, 6) is 0. The summed E-state index contributed by atoms with van der Waals surface area (Å²) in [5.41, 5.74) is 11.8. The standard InChI is InChI=1S/C15H15Si.C3H9N.2CH3.Ti/c1-16(2)15-13-9-5-3-7-11(13)12-8-4-6-10-14(12)15;1-3(2)4;;;/h3-10,15H,1-2H3;3H,4H2,1-2H3;2*1H3;/q;;2*-1;+2. The van der Waals surface area contributed by atoms with Crippen molar-refractivity contribution in [1.29, 1.82) is 0 Å². The fourth-order valence-corrected chi connectivity index (χ4v) is 4.53. The number of rotatable bonds is 1. The van der Waals surface area contributed by atoms with Gasteiger partial charge in [-0.05, 0) is 28.3 Å². The van der Waals surface area contributed by atoms with E-state index in [2.05, 4.69) is 61.6 Å². The third-order valence-electron chi connectivity index (χ3n) is 3.41. The molecule has 0 aromatic heterocycles. The Hall–Kier alpha value is -0.669. The SMILES string of the molecule is CC(C)N.C[Si](C)C1c2ccccc2-c2ccccc21.[CH3-].[CH3-].[Ti+2]. The average molecular weight is 360 g/mol. The summed E-state index contributed by atoms with van der Waals surface area (Å²) in [6.45, 7) is 8.71. The predicted octanol–water partition coefficient (Wildman–Crippen LogP) is 5.34. The normalized spacial score (nSPS) is 11.3. The van der Waals surface area contributed by atoms with Crippen molar-refractivity contribution in [3.8, 4) is 11.1 Å². The van der Waals surface area contributed by atoms with Gasteiger partial charge in [-0.2, -0.15) is 0 Å². The van der Waals surface area contributed by atoms with Crippen molar-refractivity contribution in [2.24, 2.45) is 5.73 Å². The van der Waals surface area contributed by atoms with Crippen LogP contribution >= 0.6 is 0 Å². The Bertz CT molecular complexity index is 533. The van der Waals surface area contributed by atoms with E-state index in [-0.39, 0.29) is 45.4 Å². The summed E-state index contributed by atoms with van der Waals surface area (Å²) in [6, 6.07) is 18.1. The van der Waals surface area contributed by atoms with Crippen LogP contribution in [0.25, 0.3) is 11.1 Å². The van der Waals surface area contributed by atoms with Gasteiger partial charge in [0.1, 0.15) is 0 Å². The molecule has 1 radical (unpaired) electrons. The maximum atomic E-state index is 5.11. The fourth-order valence-electron chi connectivity index (χ4n) is 2.78. The van der Waals surface area contributed by atoms with Gasteiger partial charge >= 0.3 is 21.7 Å². The molecule has 1 aliphatic rings. The van der Waals surface area contributed by atoms with E-state index in [1.807, 2.05) is 13.8 Å². The fraction of sp³-hybridized carbons (Fsp3) is 0.300. The molecule has 0 aliphatic heterocycles. The zero-order valence-electron chi connectivity index (χ0n) is 15.4. The minimum atomic E-state index is -0.336. The zero-order chi connectivity index (χ0) is 14.7. The second-order valence-corrected chi connectivity index (χ2v) is 8.66. The summed E-state index contributed by atoms with van der Waals surface area (Å²) >= 11 is 0. The Labute approximate surface area is 160 Å². The van der Waals surface area contributed by atoms with E-state index in [1.165, 1.54) is 11.1 Å². The van der Waals surface area contributed by atoms with E-state index in [9.17, 15) is 0 Å². The molecule has 0 fully saturated rings. The van der Waals surface area contributed by atoms with E-state index >= 15 is 0 Å². The molecule has 23 heavy (non-hydrogen) atoms. The maximum Gasteiger partial charge on any atom is 2.00 e. The maximum absolute atomic E-state index is 5.11. The van der Waals surface area contributed by atoms with Gasteiger partial charge in [-0.15, -0.1) is 0 Å². The van der Waals surface area contributed by atoms with Crippen LogP contribution in [0.15, 0.2) is 48.5 Å². The number of fused-ring (bicyclic) bond motifs is 3. The van der Waals surface area contributed by atoms with E-state index in [4.69, 9.17) is 5.73 Å². The van der Waals surface area contributed by atoms with Crippen molar-refractivity contribution < 1.29 is 21.7 Å². The Morgan fingerprint density at radius 3 is 1.43 bits per heavy atom. The summed E-state index contributed by atoms with van der Waals surface area (Å²) in [5, 5.41) is 0. The summed E-state index contributed by atoms with van der Waals surface area (Å²) in [4.78, 5) is 0. The molecule has 0 saturated heterocycles. The molecular weight excluding hydrogens is 330 g/mol. The van der Waals surface area contributed by atoms with Crippen LogP contribution in [-0.4, -0.2) is 14.8 Å². The molecule has 0 bridgehead atoms. The smallest absolute Gasteiger partial charge is 0.358 e. The van der Waals surface area contributed by atoms with Crippen molar-refractivity contribution in [2.45, 2.75) is 38.5 Å². The molecule has 123 valence electrons. The van der Waals surface area contributed by atoms with Crippen molar-refractivity contribution in [1.82, 2.24) is 0 Å². The van der Waals surface area contributed by atoms with Crippen molar-refractivity contribution in [3.63, 3.8) is 0 Å². The van der Waals surface area contributed by atoms with Crippen LogP contribution in [0.1, 0.15) is 30.5 Å². The van der Waals surface area contributed by atoms with Gasteiger partial charge in [0.05, 0.1) is 8.80 Å². The van der Waals surface area contributed by atoms with E-state index in [0.29, 0.717) is 11.6 Å². The first-order valence-electron chi connectivity index (χ1n) is 7.26. The zero-order valence-corrected chi connectivity index (χ0v) is 17.9. The molecule has 3 heteroatoms. The van der Waals surface area contributed by atoms with E-state index in [0.717, 1.165) is 0 Å². The molecule has 3 rings (SSSR count). The number of benzene rings is 2. The van der Waals surface area contributed by atoms with Gasteiger partial charge in [0.25, 0.3) is 0 Å². The topological polar surface area (TPSA) is 26.0 Å². The van der Waals surface area contributed by atoms with Crippen LogP contribution in [-0.2, 0) is 21.7 Å². The molecule has 1 aliphatic carbocycles. The minimum absolute atomic E-state index is 0. The number of hydrogen-bond donors (Lipinski definition) is 1. The molecule has 0 unspecified atom stereocenters. The van der Waals surface area contributed by atoms with Crippen LogP contribution < -0.4 is 5.73 Å². The average Bonchev–Trinajstić information content (AvgIpc) is 2.72. The minimum Gasteiger partial charge on any atom is -0.358 e. The predicted molar refractivity (Wildman–Crippen MR) is 103 cm³/mol. The molecule has 2 aromatic rings. The third kappa shape index (κ3) is 5.72. The van der Waals surface area contributed by atoms with Gasteiger partial charge in [-0.25, -0.2) is 0 Å². The van der Waals surface area contributed by atoms with Gasteiger partial charge < -0.3 is 20.6 Å². The van der Waals surface area contributed by atoms with Gasteiger partial charge in [-0.3, -0.25) is 0 Å². The summed E-state index contributed by atoms with van der Waals surface area (Å²) in [6.07, 6.45) is 0. The molecule has 2 N–H and O–H groups in total. The van der Waals surface area contributed by atoms with Crippen LogP contribution in [0.3, 0.4) is 0 Å². The molecule has 1 nitrogen and oxygen atoms in total. The van der Waals surface area contributed by atoms with Gasteiger partial charge in [-0.1, -0.05) is 75.5 Å². The second-order valence-electron chi connectivity index (χ2n) is 5.93. The van der Waals surface area contributed by atoms with E-state index in [1.54, 1.807) is 11.1 Å². The van der Waals surface area contributed by atoms with Gasteiger partial charge in [0.2, 0.25) is 0 Å². The molecular formula is C20H30NSiTi. The molecule has 0 atom stereocenters. The Balaban J connectivity index is 0. The number of nitrogens with two attached hydrogens (primary N) is 1. The first kappa shape index (κ1) is 24.6. The quantitative estimate of drug-likeness (QED) is 0.539. The Kier molecular flexibility index (Phi) is 11.7. The van der Waals surface area contributed by atoms with Crippen LogP contribution in [0.2, 0.25) is 13.1 Å². The molecule has 0 heterocycles.